The second-order valence-corrected chi connectivity index (χ2v) is 5.44. The van der Waals surface area contributed by atoms with Gasteiger partial charge in [-0.3, -0.25) is 4.90 Å². The smallest absolute Gasteiger partial charge is 0.123 e. The molecule has 18 heavy (non-hydrogen) atoms. The summed E-state index contributed by atoms with van der Waals surface area (Å²) in [6.45, 7) is 5.17. The minimum Gasteiger partial charge on any atom is -0.507 e. The van der Waals surface area contributed by atoms with Gasteiger partial charge in [0.15, 0.2) is 0 Å². The molecule has 98 valence electrons. The van der Waals surface area contributed by atoms with Crippen LogP contribution in [0.4, 0.5) is 0 Å². The first kappa shape index (κ1) is 12.0. The van der Waals surface area contributed by atoms with Gasteiger partial charge < -0.3 is 10.4 Å². The van der Waals surface area contributed by atoms with E-state index in [2.05, 4.69) is 22.3 Å². The lowest BCUT2D eigenvalue weighted by atomic mass is 9.89. The summed E-state index contributed by atoms with van der Waals surface area (Å²) >= 11 is 0. The van der Waals surface area contributed by atoms with Crippen molar-refractivity contribution in [2.75, 3.05) is 26.2 Å². The van der Waals surface area contributed by atoms with E-state index in [0.717, 1.165) is 51.1 Å². The summed E-state index contributed by atoms with van der Waals surface area (Å²) in [5, 5.41) is 13.8. The number of aryl methyl sites for hydroxylation is 1. The molecule has 2 N–H and O–H groups in total. The summed E-state index contributed by atoms with van der Waals surface area (Å²) < 4.78 is 0. The van der Waals surface area contributed by atoms with Crippen LogP contribution in [0.25, 0.3) is 0 Å². The van der Waals surface area contributed by atoms with Crippen molar-refractivity contribution < 1.29 is 5.11 Å². The molecule has 1 aliphatic heterocycles. The molecule has 0 radical (unpaired) electrons. The van der Waals surface area contributed by atoms with Gasteiger partial charge in [0.2, 0.25) is 0 Å². The van der Waals surface area contributed by atoms with Crippen LogP contribution in [0.15, 0.2) is 12.1 Å². The molecule has 1 saturated heterocycles. The van der Waals surface area contributed by atoms with E-state index in [0.29, 0.717) is 5.75 Å². The van der Waals surface area contributed by atoms with E-state index >= 15 is 0 Å². The molecule has 0 bridgehead atoms. The van der Waals surface area contributed by atoms with Gasteiger partial charge in [-0.25, -0.2) is 0 Å². The number of phenols is 1. The summed E-state index contributed by atoms with van der Waals surface area (Å²) in [5.74, 6) is 0.575. The number of benzene rings is 1. The molecule has 3 nitrogen and oxygen atoms in total. The second kappa shape index (κ2) is 5.29. The Labute approximate surface area is 109 Å². The Balaban J connectivity index is 1.79. The Bertz CT molecular complexity index is 425. The minimum absolute atomic E-state index is 0.575. The van der Waals surface area contributed by atoms with Crippen LogP contribution in [0.2, 0.25) is 0 Å². The fraction of sp³-hybridized carbons (Fsp3) is 0.600. The highest BCUT2D eigenvalue weighted by Gasteiger charge is 2.18. The number of fused-ring (bicyclic) bond motifs is 1. The zero-order chi connectivity index (χ0) is 12.4. The van der Waals surface area contributed by atoms with Crippen LogP contribution in [0.5, 0.6) is 5.75 Å². The Morgan fingerprint density at radius 3 is 2.72 bits per heavy atom. The number of aromatic hydroxyl groups is 1. The zero-order valence-corrected chi connectivity index (χ0v) is 10.9. The van der Waals surface area contributed by atoms with E-state index in [-0.39, 0.29) is 0 Å². The van der Waals surface area contributed by atoms with Crippen molar-refractivity contribution >= 4 is 0 Å². The van der Waals surface area contributed by atoms with Gasteiger partial charge >= 0.3 is 0 Å². The molecular formula is C15H22N2O. The molecule has 0 amide bonds. The quantitative estimate of drug-likeness (QED) is 0.833. The Hall–Kier alpha value is -1.06. The first-order valence-corrected chi connectivity index (χ1v) is 7.10. The first-order valence-electron chi connectivity index (χ1n) is 7.10. The van der Waals surface area contributed by atoms with Gasteiger partial charge in [-0.1, -0.05) is 12.1 Å². The summed E-state index contributed by atoms with van der Waals surface area (Å²) in [7, 11) is 0. The predicted molar refractivity (Wildman–Crippen MR) is 72.9 cm³/mol. The molecule has 1 aromatic carbocycles. The Morgan fingerprint density at radius 2 is 1.89 bits per heavy atom. The molecule has 3 heteroatoms. The predicted octanol–water partition coefficient (Wildman–Crippen LogP) is 1.68. The molecule has 2 aliphatic rings. The van der Waals surface area contributed by atoms with Crippen LogP contribution < -0.4 is 5.32 Å². The molecule has 0 atom stereocenters. The highest BCUT2D eigenvalue weighted by atomic mass is 16.3. The van der Waals surface area contributed by atoms with Crippen LogP contribution >= 0.6 is 0 Å². The van der Waals surface area contributed by atoms with E-state index < -0.39 is 0 Å². The molecule has 1 fully saturated rings. The number of rotatable bonds is 2. The molecule has 0 unspecified atom stereocenters. The van der Waals surface area contributed by atoms with Crippen LogP contribution in [-0.4, -0.2) is 36.2 Å². The number of phenolic OH excluding ortho intramolecular Hbond substituents is 1. The van der Waals surface area contributed by atoms with Crippen LogP contribution in [-0.2, 0) is 19.4 Å². The fourth-order valence-electron chi connectivity index (χ4n) is 3.09. The first-order chi connectivity index (χ1) is 8.84. The van der Waals surface area contributed by atoms with Crippen molar-refractivity contribution in [3.63, 3.8) is 0 Å². The van der Waals surface area contributed by atoms with Crippen molar-refractivity contribution in [3.8, 4) is 5.75 Å². The summed E-state index contributed by atoms with van der Waals surface area (Å²) in [6.07, 6.45) is 4.68. The Kier molecular flexibility index (Phi) is 3.52. The molecule has 1 aliphatic carbocycles. The van der Waals surface area contributed by atoms with Crippen molar-refractivity contribution in [1.29, 1.82) is 0 Å². The maximum atomic E-state index is 10.4. The molecular weight excluding hydrogens is 224 g/mol. The average Bonchev–Trinajstić information content (AvgIpc) is 2.43. The highest BCUT2D eigenvalue weighted by Crippen LogP contribution is 2.32. The third-order valence-electron chi connectivity index (χ3n) is 4.19. The van der Waals surface area contributed by atoms with Gasteiger partial charge in [-0.05, 0) is 36.8 Å². The summed E-state index contributed by atoms with van der Waals surface area (Å²) in [6, 6.07) is 4.35. The fourth-order valence-corrected chi connectivity index (χ4v) is 3.09. The van der Waals surface area contributed by atoms with Crippen LogP contribution in [0, 0.1) is 0 Å². The monoisotopic (exact) mass is 246 g/mol. The van der Waals surface area contributed by atoms with Gasteiger partial charge in [-0.2, -0.15) is 0 Å². The minimum atomic E-state index is 0.575. The number of nitrogens with one attached hydrogen (secondary N) is 1. The van der Waals surface area contributed by atoms with Gasteiger partial charge in [-0.15, -0.1) is 0 Å². The third kappa shape index (κ3) is 2.38. The molecule has 0 aromatic heterocycles. The SMILES string of the molecule is Oc1c(CN2CCNCC2)ccc2c1CCCC2. The molecule has 3 rings (SSSR count). The number of nitrogens with zero attached hydrogens (tertiary/aromatic N) is 1. The van der Waals surface area contributed by atoms with Gasteiger partial charge in [0.1, 0.15) is 5.75 Å². The number of piperazine rings is 1. The van der Waals surface area contributed by atoms with E-state index in [9.17, 15) is 5.11 Å². The zero-order valence-electron chi connectivity index (χ0n) is 10.9. The summed E-state index contributed by atoms with van der Waals surface area (Å²) in [4.78, 5) is 2.42. The normalized spacial score (nSPS) is 20.7. The van der Waals surface area contributed by atoms with Crippen molar-refractivity contribution in [3.05, 3.63) is 28.8 Å². The third-order valence-corrected chi connectivity index (χ3v) is 4.19. The number of hydrogen-bond acceptors (Lipinski definition) is 3. The molecule has 1 heterocycles. The van der Waals surface area contributed by atoms with Gasteiger partial charge in [0.05, 0.1) is 0 Å². The van der Waals surface area contributed by atoms with Crippen LogP contribution in [0.3, 0.4) is 0 Å². The van der Waals surface area contributed by atoms with Crippen molar-refractivity contribution in [1.82, 2.24) is 10.2 Å². The van der Waals surface area contributed by atoms with Gasteiger partial charge in [0, 0.05) is 38.3 Å². The lowest BCUT2D eigenvalue weighted by molar-refractivity contribution is 0.230. The average molecular weight is 246 g/mol. The van der Waals surface area contributed by atoms with E-state index in [1.165, 1.54) is 24.0 Å². The maximum absolute atomic E-state index is 10.4. The van der Waals surface area contributed by atoms with Gasteiger partial charge in [0.25, 0.3) is 0 Å². The van der Waals surface area contributed by atoms with Crippen molar-refractivity contribution in [2.45, 2.75) is 32.2 Å². The molecule has 1 aromatic rings. The van der Waals surface area contributed by atoms with Crippen LogP contribution in [0.1, 0.15) is 29.5 Å². The van der Waals surface area contributed by atoms with E-state index in [4.69, 9.17) is 0 Å². The maximum Gasteiger partial charge on any atom is 0.123 e. The largest absolute Gasteiger partial charge is 0.507 e. The standard InChI is InChI=1S/C15H22N2O/c18-15-13(11-17-9-7-16-8-10-17)6-5-12-3-1-2-4-14(12)15/h5-6,16,18H,1-4,7-11H2. The molecule has 0 saturated carbocycles. The number of hydrogen-bond donors (Lipinski definition) is 2. The van der Waals surface area contributed by atoms with E-state index in [1.54, 1.807) is 0 Å². The lowest BCUT2D eigenvalue weighted by Crippen LogP contribution is -2.42. The van der Waals surface area contributed by atoms with E-state index in [1.807, 2.05) is 0 Å². The topological polar surface area (TPSA) is 35.5 Å². The molecule has 0 spiro atoms. The van der Waals surface area contributed by atoms with Crippen molar-refractivity contribution in [2.24, 2.45) is 0 Å². The highest BCUT2D eigenvalue weighted by molar-refractivity contribution is 5.46. The second-order valence-electron chi connectivity index (χ2n) is 5.44. The lowest BCUT2D eigenvalue weighted by Gasteiger charge is -2.28. The Morgan fingerprint density at radius 1 is 1.11 bits per heavy atom. The summed E-state index contributed by atoms with van der Waals surface area (Å²) in [5.41, 5.74) is 3.69.